The van der Waals surface area contributed by atoms with E-state index in [2.05, 4.69) is 21.3 Å². The molecule has 1 aromatic rings. The second kappa shape index (κ2) is 19.5. The largest absolute Gasteiger partial charge is 0.493 e. The zero-order valence-corrected chi connectivity index (χ0v) is 24.6. The number of nitrogens with zero attached hydrogens (tertiary/aromatic N) is 2. The van der Waals surface area contributed by atoms with Crippen LogP contribution in [0.3, 0.4) is 0 Å². The van der Waals surface area contributed by atoms with Gasteiger partial charge >= 0.3 is 12.1 Å². The van der Waals surface area contributed by atoms with Crippen LogP contribution in [0.5, 0.6) is 11.5 Å². The maximum absolute atomic E-state index is 12.8. The van der Waals surface area contributed by atoms with Crippen LogP contribution in [-0.4, -0.2) is 81.7 Å². The van der Waals surface area contributed by atoms with Crippen molar-refractivity contribution in [1.29, 1.82) is 0 Å². The molecular weight excluding hydrogens is 552 g/mol. The van der Waals surface area contributed by atoms with Gasteiger partial charge in [0.2, 0.25) is 11.8 Å². The van der Waals surface area contributed by atoms with Gasteiger partial charge in [-0.1, -0.05) is 12.3 Å². The third-order valence-corrected chi connectivity index (χ3v) is 6.18. The number of benzene rings is 1. The van der Waals surface area contributed by atoms with Crippen molar-refractivity contribution in [2.75, 3.05) is 48.0 Å². The van der Waals surface area contributed by atoms with Crippen LogP contribution in [0.4, 0.5) is 10.5 Å². The number of esters is 1. The number of nitro groups is 1. The van der Waals surface area contributed by atoms with Crippen molar-refractivity contribution in [3.05, 3.63) is 27.8 Å². The molecule has 0 saturated carbocycles. The Bertz CT molecular complexity index is 1120. The Labute approximate surface area is 245 Å². The Balaban J connectivity index is 2.96. The molecular formula is C28H40N4O10. The van der Waals surface area contributed by atoms with Gasteiger partial charge in [-0.2, -0.15) is 0 Å². The molecule has 14 nitrogen and oxygen atoms in total. The number of alkyl carbamates (subject to hydrolysis) is 1. The summed E-state index contributed by atoms with van der Waals surface area (Å²) < 4.78 is 20.7. The Morgan fingerprint density at radius 3 is 2.24 bits per heavy atom. The zero-order valence-electron chi connectivity index (χ0n) is 24.6. The molecule has 14 heteroatoms. The number of carbonyl (C=O) groups is 4. The minimum Gasteiger partial charge on any atom is -0.493 e. The average Bonchev–Trinajstić information content (AvgIpc) is 2.98. The minimum absolute atomic E-state index is 0.0103. The number of rotatable bonds is 19. The summed E-state index contributed by atoms with van der Waals surface area (Å²) in [5.74, 6) is 1.78. The number of carbonyl (C=O) groups excluding carboxylic acids is 4. The van der Waals surface area contributed by atoms with Crippen molar-refractivity contribution < 1.29 is 43.0 Å². The normalized spacial score (nSPS) is 10.9. The molecule has 0 fully saturated rings. The van der Waals surface area contributed by atoms with Crippen LogP contribution in [0.15, 0.2) is 12.1 Å². The van der Waals surface area contributed by atoms with E-state index in [0.717, 1.165) is 6.07 Å². The van der Waals surface area contributed by atoms with Crippen molar-refractivity contribution >= 4 is 29.6 Å². The summed E-state index contributed by atoms with van der Waals surface area (Å²) in [4.78, 5) is 61.0. The third kappa shape index (κ3) is 12.8. The SMILES string of the molecule is C#CCNC(=O)CCCCCNC(=O)OC(CN(C)C(=O)CCCCC(=O)OC)c1cc(OC)c(OC)cc1[N+](=O)[O-]. The second-order valence-corrected chi connectivity index (χ2v) is 9.19. The first-order valence-corrected chi connectivity index (χ1v) is 13.4. The van der Waals surface area contributed by atoms with Crippen molar-refractivity contribution in [2.45, 2.75) is 57.5 Å². The predicted octanol–water partition coefficient (Wildman–Crippen LogP) is 2.88. The van der Waals surface area contributed by atoms with Gasteiger partial charge in [0.15, 0.2) is 17.6 Å². The van der Waals surface area contributed by atoms with E-state index >= 15 is 0 Å². The second-order valence-electron chi connectivity index (χ2n) is 9.19. The van der Waals surface area contributed by atoms with Crippen LogP contribution in [0.1, 0.15) is 63.0 Å². The summed E-state index contributed by atoms with van der Waals surface area (Å²) in [6.45, 7) is 0.217. The Morgan fingerprint density at radius 1 is 0.976 bits per heavy atom. The molecule has 0 aliphatic carbocycles. The molecule has 0 saturated heterocycles. The summed E-state index contributed by atoms with van der Waals surface area (Å²) in [6, 6.07) is 2.51. The van der Waals surface area contributed by atoms with E-state index in [9.17, 15) is 29.3 Å². The van der Waals surface area contributed by atoms with E-state index in [1.54, 1.807) is 0 Å². The topological polar surface area (TPSA) is 176 Å². The van der Waals surface area contributed by atoms with Gasteiger partial charge in [-0.25, -0.2) is 4.79 Å². The van der Waals surface area contributed by atoms with Crippen molar-refractivity contribution in [3.8, 4) is 23.8 Å². The number of nitrogens with one attached hydrogen (secondary N) is 2. The quantitative estimate of drug-likeness (QED) is 0.0799. The summed E-state index contributed by atoms with van der Waals surface area (Å²) in [5, 5.41) is 17.1. The number of methoxy groups -OCH3 is 3. The molecule has 1 unspecified atom stereocenters. The zero-order chi connectivity index (χ0) is 31.5. The maximum Gasteiger partial charge on any atom is 0.407 e. The van der Waals surface area contributed by atoms with E-state index in [1.807, 2.05) is 0 Å². The highest BCUT2D eigenvalue weighted by Gasteiger charge is 2.30. The monoisotopic (exact) mass is 592 g/mol. The molecule has 42 heavy (non-hydrogen) atoms. The van der Waals surface area contributed by atoms with Gasteiger partial charge in [0.1, 0.15) is 0 Å². The van der Waals surface area contributed by atoms with Crippen molar-refractivity contribution in [3.63, 3.8) is 0 Å². The summed E-state index contributed by atoms with van der Waals surface area (Å²) >= 11 is 0. The lowest BCUT2D eigenvalue weighted by atomic mass is 10.0. The van der Waals surface area contributed by atoms with Crippen LogP contribution in [-0.2, 0) is 23.9 Å². The van der Waals surface area contributed by atoms with Crippen LogP contribution in [0.2, 0.25) is 0 Å². The number of hydrogen-bond donors (Lipinski definition) is 2. The minimum atomic E-state index is -1.23. The smallest absolute Gasteiger partial charge is 0.407 e. The fraction of sp³-hybridized carbons (Fsp3) is 0.571. The molecule has 1 atom stereocenters. The van der Waals surface area contributed by atoms with Crippen LogP contribution < -0.4 is 20.1 Å². The van der Waals surface area contributed by atoms with Crippen molar-refractivity contribution in [1.82, 2.24) is 15.5 Å². The number of amides is 3. The van der Waals surface area contributed by atoms with Gasteiger partial charge in [-0.15, -0.1) is 6.42 Å². The lowest BCUT2D eigenvalue weighted by molar-refractivity contribution is -0.386. The molecule has 0 spiro atoms. The summed E-state index contributed by atoms with van der Waals surface area (Å²) in [7, 11) is 5.47. The number of terminal acetylenes is 1. The molecule has 232 valence electrons. The molecule has 0 heterocycles. The fourth-order valence-corrected chi connectivity index (χ4v) is 3.87. The number of unbranched alkanes of at least 4 members (excludes halogenated alkanes) is 3. The lowest BCUT2D eigenvalue weighted by Crippen LogP contribution is -2.35. The number of ether oxygens (including phenoxy) is 4. The van der Waals surface area contributed by atoms with Gasteiger partial charge in [0.05, 0.1) is 51.0 Å². The van der Waals surface area contributed by atoms with E-state index in [-0.39, 0.29) is 73.0 Å². The standard InChI is InChI=1S/C28H40N4O10/c1-6-15-29-25(33)12-8-7-11-16-30-28(36)42-24(19-31(2)26(34)13-9-10-14-27(35)41-5)20-17-22(39-3)23(40-4)18-21(20)32(37)38/h1,17-18,24H,7-16,19H2,2-5H3,(H,29,33)(H,30,36). The predicted molar refractivity (Wildman–Crippen MR) is 152 cm³/mol. The molecule has 0 aliphatic rings. The first kappa shape index (κ1) is 35.5. The van der Waals surface area contributed by atoms with E-state index in [4.69, 9.17) is 20.6 Å². The third-order valence-electron chi connectivity index (χ3n) is 6.18. The highest BCUT2D eigenvalue weighted by molar-refractivity contribution is 5.76. The first-order chi connectivity index (χ1) is 20.1. The maximum atomic E-state index is 12.8. The van der Waals surface area contributed by atoms with Gasteiger partial charge in [-0.3, -0.25) is 24.5 Å². The van der Waals surface area contributed by atoms with Crippen LogP contribution >= 0.6 is 0 Å². The van der Waals surface area contributed by atoms with Crippen molar-refractivity contribution in [2.24, 2.45) is 0 Å². The van der Waals surface area contributed by atoms with Gasteiger partial charge in [0, 0.05) is 32.9 Å². The van der Waals surface area contributed by atoms with E-state index in [0.29, 0.717) is 38.5 Å². The molecule has 1 aromatic carbocycles. The van der Waals surface area contributed by atoms with E-state index < -0.39 is 17.1 Å². The first-order valence-electron chi connectivity index (χ1n) is 13.4. The fourth-order valence-electron chi connectivity index (χ4n) is 3.87. The lowest BCUT2D eigenvalue weighted by Gasteiger charge is -2.25. The van der Waals surface area contributed by atoms with Crippen LogP contribution in [0.25, 0.3) is 0 Å². The Kier molecular flexibility index (Phi) is 16.5. The molecule has 0 aromatic heterocycles. The number of nitro benzene ring substituents is 1. The van der Waals surface area contributed by atoms with E-state index in [1.165, 1.54) is 39.3 Å². The molecule has 0 radical (unpaired) electrons. The number of hydrogen-bond acceptors (Lipinski definition) is 10. The van der Waals surface area contributed by atoms with Gasteiger partial charge in [-0.05, 0) is 31.7 Å². The molecule has 0 aliphatic heterocycles. The highest BCUT2D eigenvalue weighted by atomic mass is 16.6. The Hall–Kier alpha value is -4.54. The number of likely N-dealkylation sites (N-methyl/N-ethyl adjacent to an activating group) is 1. The average molecular weight is 593 g/mol. The van der Waals surface area contributed by atoms with Gasteiger partial charge in [0.25, 0.3) is 5.69 Å². The summed E-state index contributed by atoms with van der Waals surface area (Å²) in [6.07, 6.45) is 6.32. The molecule has 0 bridgehead atoms. The molecule has 3 amide bonds. The van der Waals surface area contributed by atoms with Gasteiger partial charge < -0.3 is 34.5 Å². The summed E-state index contributed by atoms with van der Waals surface area (Å²) in [5.41, 5.74) is -0.372. The Morgan fingerprint density at radius 2 is 1.62 bits per heavy atom. The van der Waals surface area contributed by atoms with Crippen LogP contribution in [0, 0.1) is 22.5 Å². The molecule has 1 rings (SSSR count). The molecule has 2 N–H and O–H groups in total. The highest BCUT2D eigenvalue weighted by Crippen LogP contribution is 2.38.